The SMILES string of the molecule is [2H]c1c([2H])c([2H])c(-c2ccc(-c3ccc4oc5cccc(-c6nc(-c7ccccc7)nc(-c7ccc(-c8ccccc8)cc7)n6)c5c4c3)cc2)c([2H])c1[2H]. The Morgan fingerprint density at radius 1 is 0.388 bits per heavy atom. The lowest BCUT2D eigenvalue weighted by Crippen LogP contribution is -2.00. The largest absolute Gasteiger partial charge is 0.456 e. The van der Waals surface area contributed by atoms with E-state index in [4.69, 9.17) is 26.2 Å². The third-order valence-corrected chi connectivity index (χ3v) is 8.66. The van der Waals surface area contributed by atoms with Gasteiger partial charge in [0.2, 0.25) is 0 Å². The molecular formula is C45H29N3O. The van der Waals surface area contributed by atoms with Gasteiger partial charge in [-0.25, -0.2) is 15.0 Å². The van der Waals surface area contributed by atoms with Crippen molar-refractivity contribution in [3.63, 3.8) is 0 Å². The molecule has 0 aliphatic rings. The maximum atomic E-state index is 8.40. The summed E-state index contributed by atoms with van der Waals surface area (Å²) in [5.74, 6) is 1.64. The van der Waals surface area contributed by atoms with E-state index in [2.05, 4.69) is 30.3 Å². The molecule has 4 nitrogen and oxygen atoms in total. The van der Waals surface area contributed by atoms with Crippen molar-refractivity contribution in [2.24, 2.45) is 0 Å². The monoisotopic (exact) mass is 632 g/mol. The second-order valence-corrected chi connectivity index (χ2v) is 11.7. The Balaban J connectivity index is 1.15. The van der Waals surface area contributed by atoms with Gasteiger partial charge in [0.1, 0.15) is 11.2 Å². The van der Waals surface area contributed by atoms with Crippen molar-refractivity contribution < 1.29 is 11.3 Å². The lowest BCUT2D eigenvalue weighted by Gasteiger charge is -2.10. The summed E-state index contributed by atoms with van der Waals surface area (Å²) in [7, 11) is 0. The van der Waals surface area contributed by atoms with Crippen molar-refractivity contribution in [1.82, 2.24) is 15.0 Å². The Bertz CT molecular complexity index is 2830. The normalized spacial score (nSPS) is 12.7. The number of hydrogen-bond acceptors (Lipinski definition) is 4. The summed E-state index contributed by atoms with van der Waals surface area (Å²) < 4.78 is 47.3. The first kappa shape index (κ1) is 23.6. The van der Waals surface area contributed by atoms with E-state index in [-0.39, 0.29) is 29.7 Å². The van der Waals surface area contributed by atoms with Crippen molar-refractivity contribution in [2.45, 2.75) is 0 Å². The van der Waals surface area contributed by atoms with E-state index in [1.54, 1.807) is 12.1 Å². The Hall–Kier alpha value is -6.65. The summed E-state index contributed by atoms with van der Waals surface area (Å²) in [6.07, 6.45) is 0. The van der Waals surface area contributed by atoms with Crippen LogP contribution in [0.4, 0.5) is 0 Å². The van der Waals surface area contributed by atoms with Crippen LogP contribution in [0.25, 0.3) is 89.5 Å². The summed E-state index contributed by atoms with van der Waals surface area (Å²) in [5.41, 5.74) is 8.74. The average Bonchev–Trinajstić information content (AvgIpc) is 3.61. The molecule has 9 aromatic rings. The van der Waals surface area contributed by atoms with Crippen LogP contribution in [-0.4, -0.2) is 15.0 Å². The summed E-state index contributed by atoms with van der Waals surface area (Å²) >= 11 is 0. The minimum atomic E-state index is -0.410. The van der Waals surface area contributed by atoms with Crippen molar-refractivity contribution in [3.8, 4) is 67.5 Å². The Labute approximate surface area is 291 Å². The van der Waals surface area contributed by atoms with Gasteiger partial charge in [-0.2, -0.15) is 0 Å². The predicted octanol–water partition coefficient (Wildman–Crippen LogP) is 11.8. The zero-order valence-corrected chi connectivity index (χ0v) is 26.1. The van der Waals surface area contributed by atoms with Crippen molar-refractivity contribution >= 4 is 21.9 Å². The van der Waals surface area contributed by atoms with Crippen molar-refractivity contribution in [3.05, 3.63) is 176 Å². The third-order valence-electron chi connectivity index (χ3n) is 8.66. The number of fused-ring (bicyclic) bond motifs is 3. The number of benzene rings is 7. The van der Waals surface area contributed by atoms with Gasteiger partial charge in [-0.3, -0.25) is 0 Å². The molecule has 0 saturated carbocycles. The molecule has 4 heteroatoms. The lowest BCUT2D eigenvalue weighted by molar-refractivity contribution is 0.669. The molecule has 0 aliphatic heterocycles. The topological polar surface area (TPSA) is 51.8 Å². The van der Waals surface area contributed by atoms with Gasteiger partial charge >= 0.3 is 0 Å². The van der Waals surface area contributed by atoms with E-state index >= 15 is 0 Å². The van der Waals surface area contributed by atoms with Crippen LogP contribution in [-0.2, 0) is 0 Å². The highest BCUT2D eigenvalue weighted by Gasteiger charge is 2.18. The molecule has 0 bridgehead atoms. The van der Waals surface area contributed by atoms with Crippen LogP contribution in [0.1, 0.15) is 6.85 Å². The Morgan fingerprint density at radius 3 is 1.57 bits per heavy atom. The van der Waals surface area contributed by atoms with Gasteiger partial charge in [-0.05, 0) is 51.6 Å². The highest BCUT2D eigenvalue weighted by atomic mass is 16.3. The van der Waals surface area contributed by atoms with Crippen LogP contribution in [0.3, 0.4) is 0 Å². The Kier molecular flexibility index (Phi) is 5.87. The number of nitrogens with zero attached hydrogens (tertiary/aromatic N) is 3. The Morgan fingerprint density at radius 2 is 0.898 bits per heavy atom. The first-order valence-corrected chi connectivity index (χ1v) is 15.9. The van der Waals surface area contributed by atoms with Gasteiger partial charge in [-0.15, -0.1) is 0 Å². The van der Waals surface area contributed by atoms with Crippen LogP contribution in [0, 0.1) is 0 Å². The van der Waals surface area contributed by atoms with Gasteiger partial charge in [-0.1, -0.05) is 158 Å². The zero-order valence-electron chi connectivity index (χ0n) is 31.1. The molecule has 0 N–H and O–H groups in total. The van der Waals surface area contributed by atoms with E-state index in [9.17, 15) is 0 Å². The number of furan rings is 1. The fraction of sp³-hybridized carbons (Fsp3) is 0. The molecule has 0 amide bonds. The predicted molar refractivity (Wildman–Crippen MR) is 200 cm³/mol. The second kappa shape index (κ2) is 12.2. The standard InChI is InChI=1S/C45H29N3O/c1-4-11-30(12-5-1)32-19-21-34(22-20-32)37-27-28-40-39(29-37)42-38(17-10-18-41(42)49-40)45-47-43(35-15-8-3-9-16-35)46-44(48-45)36-25-23-33(24-26-36)31-13-6-2-7-14-31/h1-29H/i1D,4D,5D,11D,12D. The molecule has 0 aliphatic carbocycles. The van der Waals surface area contributed by atoms with E-state index in [0.717, 1.165) is 49.7 Å². The summed E-state index contributed by atoms with van der Waals surface area (Å²) in [6.45, 7) is 0. The van der Waals surface area contributed by atoms with Crippen LogP contribution in [0.5, 0.6) is 0 Å². The smallest absolute Gasteiger partial charge is 0.164 e. The maximum Gasteiger partial charge on any atom is 0.164 e. The number of hydrogen-bond donors (Lipinski definition) is 0. The van der Waals surface area contributed by atoms with E-state index < -0.39 is 6.04 Å². The molecule has 2 heterocycles. The van der Waals surface area contributed by atoms with Gasteiger partial charge in [0.25, 0.3) is 0 Å². The van der Waals surface area contributed by atoms with Crippen LogP contribution in [0.2, 0.25) is 0 Å². The molecule has 0 fully saturated rings. The van der Waals surface area contributed by atoms with Gasteiger partial charge in [0.15, 0.2) is 17.5 Å². The fourth-order valence-electron chi connectivity index (χ4n) is 6.20. The van der Waals surface area contributed by atoms with Gasteiger partial charge < -0.3 is 4.42 Å². The number of rotatable bonds is 6. The van der Waals surface area contributed by atoms with Crippen molar-refractivity contribution in [1.29, 1.82) is 0 Å². The van der Waals surface area contributed by atoms with E-state index in [1.807, 2.05) is 103 Å². The lowest BCUT2D eigenvalue weighted by atomic mass is 9.98. The average molecular weight is 633 g/mol. The first-order valence-electron chi connectivity index (χ1n) is 18.4. The molecule has 0 radical (unpaired) electrons. The molecule has 0 spiro atoms. The zero-order chi connectivity index (χ0) is 36.9. The van der Waals surface area contributed by atoms with Gasteiger partial charge in [0.05, 0.1) is 6.85 Å². The van der Waals surface area contributed by atoms with E-state index in [1.165, 1.54) is 0 Å². The van der Waals surface area contributed by atoms with Crippen LogP contribution >= 0.6 is 0 Å². The molecular weight excluding hydrogens is 599 g/mol. The minimum absolute atomic E-state index is 0.173. The molecule has 7 aromatic carbocycles. The molecule has 9 rings (SSSR count). The maximum absolute atomic E-state index is 8.40. The number of aromatic nitrogens is 3. The summed E-state index contributed by atoms with van der Waals surface area (Å²) in [5, 5.41) is 1.77. The quantitative estimate of drug-likeness (QED) is 0.183. The van der Waals surface area contributed by atoms with Crippen LogP contribution < -0.4 is 0 Å². The molecule has 49 heavy (non-hydrogen) atoms. The summed E-state index contributed by atoms with van der Waals surface area (Å²) in [6, 6.07) is 46.1. The fourth-order valence-corrected chi connectivity index (χ4v) is 6.20. The molecule has 0 atom stereocenters. The third kappa shape index (κ3) is 5.45. The first-order chi connectivity index (χ1) is 26.3. The summed E-state index contributed by atoms with van der Waals surface area (Å²) in [4.78, 5) is 15.0. The molecule has 230 valence electrons. The minimum Gasteiger partial charge on any atom is -0.456 e. The van der Waals surface area contributed by atoms with Gasteiger partial charge in [0, 0.05) is 27.5 Å². The molecule has 0 unspecified atom stereocenters. The van der Waals surface area contributed by atoms with Crippen molar-refractivity contribution in [2.75, 3.05) is 0 Å². The second-order valence-electron chi connectivity index (χ2n) is 11.7. The van der Waals surface area contributed by atoms with E-state index in [0.29, 0.717) is 34.2 Å². The highest BCUT2D eigenvalue weighted by Crippen LogP contribution is 2.38. The molecule has 2 aromatic heterocycles. The van der Waals surface area contributed by atoms with Crippen LogP contribution in [0.15, 0.2) is 180 Å². The molecule has 0 saturated heterocycles. The highest BCUT2D eigenvalue weighted by molar-refractivity contribution is 6.12.